The molecule has 1 N–H and O–H groups in total. The van der Waals surface area contributed by atoms with Crippen molar-refractivity contribution in [2.75, 3.05) is 19.6 Å². The van der Waals surface area contributed by atoms with Gasteiger partial charge in [0.05, 0.1) is 10.7 Å². The van der Waals surface area contributed by atoms with Crippen molar-refractivity contribution in [3.8, 4) is 0 Å². The molecular weight excluding hydrogens is 242 g/mol. The lowest BCUT2D eigenvalue weighted by Crippen LogP contribution is -2.45. The van der Waals surface area contributed by atoms with Gasteiger partial charge in [0.2, 0.25) is 0 Å². The third-order valence-electron chi connectivity index (χ3n) is 3.62. The third-order valence-corrected chi connectivity index (χ3v) is 4.82. The predicted octanol–water partition coefficient (Wildman–Crippen LogP) is 2.84. The zero-order valence-electron chi connectivity index (χ0n) is 11.8. The van der Waals surface area contributed by atoms with Gasteiger partial charge < -0.3 is 5.32 Å². The molecule has 3 nitrogen and oxygen atoms in total. The van der Waals surface area contributed by atoms with E-state index in [1.54, 1.807) is 11.3 Å². The first-order valence-electron chi connectivity index (χ1n) is 7.09. The van der Waals surface area contributed by atoms with Crippen molar-refractivity contribution in [2.45, 2.75) is 52.1 Å². The van der Waals surface area contributed by atoms with Crippen LogP contribution in [0.4, 0.5) is 0 Å². The molecule has 1 saturated heterocycles. The number of hydrogen-bond donors (Lipinski definition) is 1. The van der Waals surface area contributed by atoms with E-state index in [0.717, 1.165) is 19.6 Å². The van der Waals surface area contributed by atoms with Crippen LogP contribution in [0.15, 0.2) is 5.38 Å². The Morgan fingerprint density at radius 2 is 2.39 bits per heavy atom. The van der Waals surface area contributed by atoms with Gasteiger partial charge in [-0.25, -0.2) is 4.98 Å². The van der Waals surface area contributed by atoms with Gasteiger partial charge in [-0.05, 0) is 25.9 Å². The minimum Gasteiger partial charge on any atom is -0.315 e. The first-order valence-corrected chi connectivity index (χ1v) is 7.97. The normalized spacial score (nSPS) is 20.8. The summed E-state index contributed by atoms with van der Waals surface area (Å²) >= 11 is 1.80. The molecule has 18 heavy (non-hydrogen) atoms. The smallest absolute Gasteiger partial charge is 0.0954 e. The van der Waals surface area contributed by atoms with Crippen LogP contribution >= 0.6 is 11.3 Å². The summed E-state index contributed by atoms with van der Waals surface area (Å²) in [7, 11) is 0. The molecule has 2 heterocycles. The molecule has 0 bridgehead atoms. The number of nitrogens with one attached hydrogen (secondary N) is 1. The lowest BCUT2D eigenvalue weighted by molar-refractivity contribution is 0.164. The summed E-state index contributed by atoms with van der Waals surface area (Å²) in [5.74, 6) is 0.551. The molecule has 0 saturated carbocycles. The van der Waals surface area contributed by atoms with Gasteiger partial charge in [-0.3, -0.25) is 4.90 Å². The SMILES string of the molecule is CCN(Cc1csc(C(C)C)n1)C1CCCNC1. The highest BCUT2D eigenvalue weighted by atomic mass is 32.1. The van der Waals surface area contributed by atoms with Gasteiger partial charge in [-0.2, -0.15) is 0 Å². The van der Waals surface area contributed by atoms with Crippen LogP contribution in [0.25, 0.3) is 0 Å². The monoisotopic (exact) mass is 267 g/mol. The lowest BCUT2D eigenvalue weighted by Gasteiger charge is -2.33. The molecule has 0 aromatic carbocycles. The van der Waals surface area contributed by atoms with Gasteiger partial charge in [-0.1, -0.05) is 20.8 Å². The van der Waals surface area contributed by atoms with E-state index in [0.29, 0.717) is 12.0 Å². The Balaban J connectivity index is 1.95. The fourth-order valence-electron chi connectivity index (χ4n) is 2.51. The van der Waals surface area contributed by atoms with Crippen LogP contribution in [0.1, 0.15) is 50.2 Å². The number of nitrogens with zero attached hydrogens (tertiary/aromatic N) is 2. The fourth-order valence-corrected chi connectivity index (χ4v) is 3.34. The van der Waals surface area contributed by atoms with Crippen LogP contribution in [-0.2, 0) is 6.54 Å². The number of piperidine rings is 1. The molecule has 2 rings (SSSR count). The molecule has 1 fully saturated rings. The number of aromatic nitrogens is 1. The Labute approximate surface area is 115 Å². The topological polar surface area (TPSA) is 28.2 Å². The van der Waals surface area contributed by atoms with E-state index in [1.165, 1.54) is 30.1 Å². The molecule has 0 aliphatic carbocycles. The zero-order valence-corrected chi connectivity index (χ0v) is 12.6. The summed E-state index contributed by atoms with van der Waals surface area (Å²) in [6.45, 7) is 11.1. The van der Waals surface area contributed by atoms with Crippen molar-refractivity contribution in [2.24, 2.45) is 0 Å². The second-order valence-electron chi connectivity index (χ2n) is 5.40. The molecule has 1 aliphatic heterocycles. The second-order valence-corrected chi connectivity index (χ2v) is 6.28. The van der Waals surface area contributed by atoms with Crippen LogP contribution in [0.2, 0.25) is 0 Å². The summed E-state index contributed by atoms with van der Waals surface area (Å²) in [5, 5.41) is 7.00. The van der Waals surface area contributed by atoms with Gasteiger partial charge in [-0.15, -0.1) is 11.3 Å². The van der Waals surface area contributed by atoms with E-state index in [4.69, 9.17) is 4.98 Å². The van der Waals surface area contributed by atoms with Crippen LogP contribution in [-0.4, -0.2) is 35.6 Å². The molecule has 1 atom stereocenters. The minimum atomic E-state index is 0.551. The summed E-state index contributed by atoms with van der Waals surface area (Å²) in [5.41, 5.74) is 1.25. The molecule has 102 valence electrons. The van der Waals surface area contributed by atoms with Gasteiger partial charge in [0.25, 0.3) is 0 Å². The molecule has 0 spiro atoms. The Hall–Kier alpha value is -0.450. The van der Waals surface area contributed by atoms with E-state index in [1.807, 2.05) is 0 Å². The molecule has 1 unspecified atom stereocenters. The van der Waals surface area contributed by atoms with Crippen molar-refractivity contribution in [1.29, 1.82) is 0 Å². The predicted molar refractivity (Wildman–Crippen MR) is 78.2 cm³/mol. The minimum absolute atomic E-state index is 0.551. The molecule has 0 radical (unpaired) electrons. The van der Waals surface area contributed by atoms with Crippen molar-refractivity contribution >= 4 is 11.3 Å². The maximum absolute atomic E-state index is 4.75. The van der Waals surface area contributed by atoms with Crippen molar-refractivity contribution < 1.29 is 0 Å². The Morgan fingerprint density at radius 3 is 2.94 bits per heavy atom. The van der Waals surface area contributed by atoms with Crippen molar-refractivity contribution in [1.82, 2.24) is 15.2 Å². The molecule has 0 amide bonds. The summed E-state index contributed by atoms with van der Waals surface area (Å²) in [6.07, 6.45) is 2.62. The molecule has 1 aromatic heterocycles. The lowest BCUT2D eigenvalue weighted by atomic mass is 10.1. The highest BCUT2D eigenvalue weighted by molar-refractivity contribution is 7.09. The number of rotatable bonds is 5. The maximum atomic E-state index is 4.75. The summed E-state index contributed by atoms with van der Waals surface area (Å²) < 4.78 is 0. The van der Waals surface area contributed by atoms with Gasteiger partial charge >= 0.3 is 0 Å². The van der Waals surface area contributed by atoms with Gasteiger partial charge in [0.1, 0.15) is 0 Å². The number of hydrogen-bond acceptors (Lipinski definition) is 4. The van der Waals surface area contributed by atoms with E-state index in [-0.39, 0.29) is 0 Å². The first-order chi connectivity index (χ1) is 8.70. The first kappa shape index (κ1) is 14.0. The third kappa shape index (κ3) is 3.53. The van der Waals surface area contributed by atoms with E-state index >= 15 is 0 Å². The zero-order chi connectivity index (χ0) is 13.0. The largest absolute Gasteiger partial charge is 0.315 e. The van der Waals surface area contributed by atoms with Crippen molar-refractivity contribution in [3.05, 3.63) is 16.1 Å². The quantitative estimate of drug-likeness (QED) is 0.889. The van der Waals surface area contributed by atoms with Crippen LogP contribution in [0.3, 0.4) is 0 Å². The maximum Gasteiger partial charge on any atom is 0.0954 e. The van der Waals surface area contributed by atoms with E-state index in [9.17, 15) is 0 Å². The highest BCUT2D eigenvalue weighted by Crippen LogP contribution is 2.21. The standard InChI is InChI=1S/C14H25N3S/c1-4-17(13-6-5-7-15-8-13)9-12-10-18-14(16-12)11(2)3/h10-11,13,15H,4-9H2,1-3H3. The average Bonchev–Trinajstić information content (AvgIpc) is 2.86. The summed E-state index contributed by atoms with van der Waals surface area (Å²) in [6, 6.07) is 0.688. The summed E-state index contributed by atoms with van der Waals surface area (Å²) in [4.78, 5) is 7.31. The van der Waals surface area contributed by atoms with Crippen molar-refractivity contribution in [3.63, 3.8) is 0 Å². The van der Waals surface area contributed by atoms with Crippen LogP contribution < -0.4 is 5.32 Å². The Kier molecular flexibility index (Phi) is 5.15. The van der Waals surface area contributed by atoms with E-state index < -0.39 is 0 Å². The molecule has 1 aromatic rings. The Morgan fingerprint density at radius 1 is 1.56 bits per heavy atom. The number of thiazole rings is 1. The Bertz CT molecular complexity index is 356. The number of likely N-dealkylation sites (N-methyl/N-ethyl adjacent to an activating group) is 1. The molecule has 4 heteroatoms. The highest BCUT2D eigenvalue weighted by Gasteiger charge is 2.20. The van der Waals surface area contributed by atoms with Gasteiger partial charge in [0, 0.05) is 30.4 Å². The molecular formula is C14H25N3S. The van der Waals surface area contributed by atoms with Gasteiger partial charge in [0.15, 0.2) is 0 Å². The second kappa shape index (κ2) is 6.64. The van der Waals surface area contributed by atoms with Crippen LogP contribution in [0, 0.1) is 0 Å². The average molecular weight is 267 g/mol. The van der Waals surface area contributed by atoms with E-state index in [2.05, 4.69) is 36.4 Å². The fraction of sp³-hybridized carbons (Fsp3) is 0.786. The van der Waals surface area contributed by atoms with Crippen LogP contribution in [0.5, 0.6) is 0 Å². The molecule has 1 aliphatic rings.